The highest BCUT2D eigenvalue weighted by atomic mass is 14.4. The minimum absolute atomic E-state index is 1.19. The highest BCUT2D eigenvalue weighted by Crippen LogP contribution is 2.62. The van der Waals surface area contributed by atoms with Gasteiger partial charge in [0.2, 0.25) is 0 Å². The predicted molar refractivity (Wildman–Crippen MR) is 357 cm³/mol. The van der Waals surface area contributed by atoms with Crippen molar-refractivity contribution < 1.29 is 0 Å². The number of fused-ring (bicyclic) bond motifs is 7. The zero-order chi connectivity index (χ0) is 55.2. The molecule has 0 amide bonds. The molecule has 0 bridgehead atoms. The van der Waals surface area contributed by atoms with Gasteiger partial charge in [0.25, 0.3) is 0 Å². The van der Waals surface area contributed by atoms with E-state index < -0.39 is 0 Å². The Morgan fingerprint density at radius 3 is 0.917 bits per heavy atom. The molecular weight excluding hydrogens is 1010 g/mol. The first-order chi connectivity index (χ1) is 41.7. The van der Waals surface area contributed by atoms with E-state index in [1.807, 2.05) is 0 Å². The Kier molecular flexibility index (Phi) is 11.0. The highest BCUT2D eigenvalue weighted by Gasteiger charge is 2.34. The lowest BCUT2D eigenvalue weighted by molar-refractivity contribution is 1.57. The average molecular weight is 1060 g/mol. The van der Waals surface area contributed by atoms with Gasteiger partial charge in [-0.2, -0.15) is 0 Å². The maximum absolute atomic E-state index is 2.52. The van der Waals surface area contributed by atoms with E-state index in [4.69, 9.17) is 0 Å². The van der Waals surface area contributed by atoms with Crippen molar-refractivity contribution >= 4 is 32.3 Å². The van der Waals surface area contributed by atoms with Crippen LogP contribution in [0.3, 0.4) is 0 Å². The molecule has 0 aromatic heterocycles. The molecule has 84 heavy (non-hydrogen) atoms. The third-order valence-electron chi connectivity index (χ3n) is 18.0. The van der Waals surface area contributed by atoms with Crippen LogP contribution >= 0.6 is 0 Å². The molecule has 0 heterocycles. The molecule has 0 heteroatoms. The van der Waals surface area contributed by atoms with Gasteiger partial charge in [0.1, 0.15) is 0 Å². The van der Waals surface area contributed by atoms with Crippen LogP contribution < -0.4 is 0 Å². The molecular formula is C84H52. The number of hydrogen-bond donors (Lipinski definition) is 0. The van der Waals surface area contributed by atoms with Gasteiger partial charge in [-0.05, 0) is 189 Å². The normalized spacial score (nSPS) is 11.8. The first kappa shape index (κ1) is 47.8. The van der Waals surface area contributed by atoms with Crippen molar-refractivity contribution in [2.24, 2.45) is 0 Å². The molecule has 388 valence electrons. The molecule has 15 aromatic carbocycles. The summed E-state index contributed by atoms with van der Waals surface area (Å²) in [6.07, 6.45) is 0. The standard InChI is InChI=1S/C84H52/c1-7-25-53(26-8-1)59-37-19-21-39-62(59)68-48-45-61(55-29-11-3-12-30-55)80-69-43-23-41-66-63(46-49-71(78(66)69)81(68)80)64-47-50-72-79-67(64)42-24-44-70(79)83-77(58-35-17-6-18-36-58)75-51-73(56-31-13-4-14-32-56)74(57-33-15-5-16-34-57)52-76(75)82(84(72)83)65-40-22-20-38-60(65)54-27-9-2-10-28-54/h1-52H. The fourth-order valence-electron chi connectivity index (χ4n) is 14.5. The maximum atomic E-state index is 2.52. The molecule has 0 radical (unpaired) electrons. The van der Waals surface area contributed by atoms with E-state index in [-0.39, 0.29) is 0 Å². The summed E-state index contributed by atoms with van der Waals surface area (Å²) in [5.74, 6) is 0. The lowest BCUT2D eigenvalue weighted by Crippen LogP contribution is -1.97. The summed E-state index contributed by atoms with van der Waals surface area (Å²) in [7, 11) is 0. The van der Waals surface area contributed by atoms with Crippen molar-refractivity contribution in [3.05, 3.63) is 315 Å². The third-order valence-corrected chi connectivity index (χ3v) is 18.0. The van der Waals surface area contributed by atoms with Crippen molar-refractivity contribution in [2.75, 3.05) is 0 Å². The predicted octanol–water partition coefficient (Wildman–Crippen LogP) is 23.4. The van der Waals surface area contributed by atoms with Crippen molar-refractivity contribution in [1.82, 2.24) is 0 Å². The van der Waals surface area contributed by atoms with E-state index in [1.54, 1.807) is 0 Å². The summed E-state index contributed by atoms with van der Waals surface area (Å²) in [4.78, 5) is 0. The summed E-state index contributed by atoms with van der Waals surface area (Å²) in [5.41, 5.74) is 32.2. The van der Waals surface area contributed by atoms with Crippen LogP contribution in [0.2, 0.25) is 0 Å². The van der Waals surface area contributed by atoms with Gasteiger partial charge in [-0.1, -0.05) is 303 Å². The number of hydrogen-bond acceptors (Lipinski definition) is 0. The van der Waals surface area contributed by atoms with Crippen molar-refractivity contribution in [3.63, 3.8) is 0 Å². The Hall–Kier alpha value is -10.9. The van der Waals surface area contributed by atoms with Crippen LogP contribution in [-0.4, -0.2) is 0 Å². The van der Waals surface area contributed by atoms with Gasteiger partial charge in [0.15, 0.2) is 0 Å². The molecule has 15 aromatic rings. The second-order valence-electron chi connectivity index (χ2n) is 22.4. The van der Waals surface area contributed by atoms with E-state index in [1.165, 1.54) is 177 Å². The Labute approximate surface area is 489 Å². The fourth-order valence-corrected chi connectivity index (χ4v) is 14.5. The minimum atomic E-state index is 1.19. The second-order valence-corrected chi connectivity index (χ2v) is 22.4. The van der Waals surface area contributed by atoms with Crippen molar-refractivity contribution in [2.45, 2.75) is 0 Å². The first-order valence-corrected chi connectivity index (χ1v) is 29.2. The van der Waals surface area contributed by atoms with E-state index in [0.29, 0.717) is 0 Å². The molecule has 2 aliphatic carbocycles. The largest absolute Gasteiger partial charge is 0.0622 e. The summed E-state index contributed by atoms with van der Waals surface area (Å²) in [5, 5.41) is 7.56. The number of rotatable bonds is 9. The molecule has 0 atom stereocenters. The summed E-state index contributed by atoms with van der Waals surface area (Å²) in [6, 6.07) is 118. The van der Waals surface area contributed by atoms with Crippen molar-refractivity contribution in [1.29, 1.82) is 0 Å². The Morgan fingerprint density at radius 2 is 0.417 bits per heavy atom. The Balaban J connectivity index is 0.952. The van der Waals surface area contributed by atoms with Gasteiger partial charge < -0.3 is 0 Å². The molecule has 17 rings (SSSR count). The quantitative estimate of drug-likeness (QED) is 0.135. The van der Waals surface area contributed by atoms with Crippen LogP contribution in [0.25, 0.3) is 177 Å². The SMILES string of the molecule is c1ccc(-c2cc3c(-c4ccccc4)c4c(c(-c5ccccc5-c5ccccc5)c3cc2-c2ccccc2)-c2ccc(-c3ccc5c6c(cccc36)-c3c(-c6ccccc6)ccc(-c6ccccc6-c6ccccc6)c3-5)c3cccc-4c23)cc1. The maximum Gasteiger partial charge on any atom is -0.000718 e. The summed E-state index contributed by atoms with van der Waals surface area (Å²) < 4.78 is 0. The van der Waals surface area contributed by atoms with E-state index >= 15 is 0 Å². The van der Waals surface area contributed by atoms with Crippen LogP contribution in [0.1, 0.15) is 0 Å². The highest BCUT2D eigenvalue weighted by molar-refractivity contribution is 6.31. The van der Waals surface area contributed by atoms with E-state index in [2.05, 4.69) is 315 Å². The fraction of sp³-hybridized carbons (Fsp3) is 0. The second kappa shape index (κ2) is 19.4. The van der Waals surface area contributed by atoms with Gasteiger partial charge in [0.05, 0.1) is 0 Å². The Bertz CT molecular complexity index is 5120. The van der Waals surface area contributed by atoms with E-state index in [0.717, 1.165) is 0 Å². The smallest absolute Gasteiger partial charge is 0.000718 e. The zero-order valence-corrected chi connectivity index (χ0v) is 46.0. The van der Waals surface area contributed by atoms with E-state index in [9.17, 15) is 0 Å². The summed E-state index contributed by atoms with van der Waals surface area (Å²) >= 11 is 0. The molecule has 0 nitrogen and oxygen atoms in total. The van der Waals surface area contributed by atoms with Crippen LogP contribution in [0.5, 0.6) is 0 Å². The molecule has 0 fully saturated rings. The molecule has 0 saturated carbocycles. The lowest BCUT2D eigenvalue weighted by atomic mass is 9.79. The van der Waals surface area contributed by atoms with Gasteiger partial charge in [-0.15, -0.1) is 0 Å². The molecule has 2 aliphatic rings. The Morgan fingerprint density at radius 1 is 0.119 bits per heavy atom. The topological polar surface area (TPSA) is 0 Å². The van der Waals surface area contributed by atoms with Crippen molar-refractivity contribution in [3.8, 4) is 145 Å². The molecule has 0 N–H and O–H groups in total. The number of benzene rings is 15. The van der Waals surface area contributed by atoms with Gasteiger partial charge >= 0.3 is 0 Å². The van der Waals surface area contributed by atoms with Gasteiger partial charge in [-0.3, -0.25) is 0 Å². The summed E-state index contributed by atoms with van der Waals surface area (Å²) in [6.45, 7) is 0. The van der Waals surface area contributed by atoms with Crippen LogP contribution in [-0.2, 0) is 0 Å². The van der Waals surface area contributed by atoms with Gasteiger partial charge in [0, 0.05) is 0 Å². The third kappa shape index (κ3) is 7.34. The molecule has 0 unspecified atom stereocenters. The first-order valence-electron chi connectivity index (χ1n) is 29.2. The van der Waals surface area contributed by atoms with Crippen LogP contribution in [0.4, 0.5) is 0 Å². The average Bonchev–Trinajstić information content (AvgIpc) is 1.98. The lowest BCUT2D eigenvalue weighted by Gasteiger charge is -2.24. The molecule has 0 aliphatic heterocycles. The van der Waals surface area contributed by atoms with Crippen LogP contribution in [0, 0.1) is 0 Å². The zero-order valence-electron chi connectivity index (χ0n) is 46.0. The minimum Gasteiger partial charge on any atom is -0.0622 e. The molecule has 0 spiro atoms. The monoisotopic (exact) mass is 1060 g/mol. The van der Waals surface area contributed by atoms with Crippen LogP contribution in [0.15, 0.2) is 315 Å². The van der Waals surface area contributed by atoms with Gasteiger partial charge in [-0.25, -0.2) is 0 Å². The molecule has 0 saturated heterocycles.